The molecule has 2 rings (SSSR count). The fourth-order valence-electron chi connectivity index (χ4n) is 1.84. The molecule has 0 aromatic heterocycles. The average Bonchev–Trinajstić information content (AvgIpc) is 2.55. The first-order valence-electron chi connectivity index (χ1n) is 5.41. The number of hydrogen-bond donors (Lipinski definition) is 0. The van der Waals surface area contributed by atoms with Gasteiger partial charge in [0.2, 0.25) is 0 Å². The van der Waals surface area contributed by atoms with Gasteiger partial charge >= 0.3 is 0 Å². The van der Waals surface area contributed by atoms with Crippen LogP contribution in [0.25, 0.3) is 0 Å². The first-order valence-corrected chi connectivity index (χ1v) is 8.02. The number of nitrogens with zero attached hydrogens (tertiary/aromatic N) is 2. The van der Waals surface area contributed by atoms with Crippen molar-refractivity contribution in [3.05, 3.63) is 38.8 Å². The third-order valence-electron chi connectivity index (χ3n) is 2.77. The van der Waals surface area contributed by atoms with Crippen molar-refractivity contribution in [1.82, 2.24) is 4.31 Å². The van der Waals surface area contributed by atoms with E-state index in [2.05, 4.69) is 15.9 Å². The summed E-state index contributed by atoms with van der Waals surface area (Å²) >= 11 is 9.16. The fraction of sp³-hybridized carbons (Fsp3) is 0.167. The van der Waals surface area contributed by atoms with E-state index in [0.717, 1.165) is 4.31 Å². The SMILES string of the molecule is CC(=CC#N)CN1C(=O)c2c(ccc(Br)c2Cl)S1(=O)=O. The Hall–Kier alpha value is -1.36. The van der Waals surface area contributed by atoms with Crippen LogP contribution in [-0.4, -0.2) is 25.2 Å². The van der Waals surface area contributed by atoms with Crippen molar-refractivity contribution in [2.45, 2.75) is 11.8 Å². The Morgan fingerprint density at radius 1 is 1.55 bits per heavy atom. The number of allylic oxidation sites excluding steroid dienone is 1. The second-order valence-electron chi connectivity index (χ2n) is 4.17. The van der Waals surface area contributed by atoms with Crippen LogP contribution in [0.4, 0.5) is 0 Å². The summed E-state index contributed by atoms with van der Waals surface area (Å²) in [6.45, 7) is 1.41. The lowest BCUT2D eigenvalue weighted by Crippen LogP contribution is -2.31. The van der Waals surface area contributed by atoms with Crippen LogP contribution in [0.5, 0.6) is 0 Å². The lowest BCUT2D eigenvalue weighted by Gasteiger charge is -2.14. The highest BCUT2D eigenvalue weighted by atomic mass is 79.9. The highest BCUT2D eigenvalue weighted by Crippen LogP contribution is 2.38. The van der Waals surface area contributed by atoms with Crippen LogP contribution < -0.4 is 0 Å². The molecule has 1 heterocycles. The van der Waals surface area contributed by atoms with Gasteiger partial charge in [-0.15, -0.1) is 0 Å². The van der Waals surface area contributed by atoms with Crippen molar-refractivity contribution in [3.8, 4) is 6.07 Å². The number of fused-ring (bicyclic) bond motifs is 1. The van der Waals surface area contributed by atoms with Crippen molar-refractivity contribution in [1.29, 1.82) is 5.26 Å². The van der Waals surface area contributed by atoms with Gasteiger partial charge in [0.15, 0.2) is 0 Å². The molecule has 0 aliphatic carbocycles. The summed E-state index contributed by atoms with van der Waals surface area (Å²) in [7, 11) is -3.92. The van der Waals surface area contributed by atoms with Gasteiger partial charge in [-0.1, -0.05) is 11.6 Å². The van der Waals surface area contributed by atoms with Crippen LogP contribution in [0.2, 0.25) is 5.02 Å². The standard InChI is InChI=1S/C12H8BrClN2O3S/c1-7(4-5-15)6-16-12(17)10-9(20(16,18)19)3-2-8(13)11(10)14/h2-4H,6H2,1H3. The van der Waals surface area contributed by atoms with E-state index in [4.69, 9.17) is 16.9 Å². The molecule has 0 radical (unpaired) electrons. The normalized spacial score (nSPS) is 17.0. The minimum Gasteiger partial charge on any atom is -0.268 e. The molecular weight excluding hydrogens is 368 g/mol. The third kappa shape index (κ3) is 2.24. The molecule has 1 aromatic carbocycles. The van der Waals surface area contributed by atoms with Crippen LogP contribution >= 0.6 is 27.5 Å². The molecule has 1 aliphatic heterocycles. The van der Waals surface area contributed by atoms with E-state index in [1.54, 1.807) is 13.0 Å². The summed E-state index contributed by atoms with van der Waals surface area (Å²) in [5, 5.41) is 8.62. The largest absolute Gasteiger partial charge is 0.270 e. The second-order valence-corrected chi connectivity index (χ2v) is 7.23. The number of rotatable bonds is 2. The summed E-state index contributed by atoms with van der Waals surface area (Å²) in [6.07, 6.45) is 1.20. The van der Waals surface area contributed by atoms with Gasteiger partial charge < -0.3 is 0 Å². The first-order chi connectivity index (χ1) is 9.30. The molecule has 0 saturated carbocycles. The fourth-order valence-corrected chi connectivity index (χ4v) is 4.08. The van der Waals surface area contributed by atoms with E-state index >= 15 is 0 Å². The molecule has 5 nitrogen and oxygen atoms in total. The van der Waals surface area contributed by atoms with Crippen molar-refractivity contribution >= 4 is 43.5 Å². The maximum atomic E-state index is 12.3. The predicted molar refractivity (Wildman–Crippen MR) is 76.7 cm³/mol. The van der Waals surface area contributed by atoms with Gasteiger partial charge in [0.05, 0.1) is 23.2 Å². The Morgan fingerprint density at radius 3 is 2.80 bits per heavy atom. The van der Waals surface area contributed by atoms with E-state index in [-0.39, 0.29) is 22.0 Å². The molecule has 0 unspecified atom stereocenters. The molecule has 8 heteroatoms. The van der Waals surface area contributed by atoms with Crippen LogP contribution in [0.1, 0.15) is 17.3 Å². The van der Waals surface area contributed by atoms with Crippen LogP contribution in [0.15, 0.2) is 33.2 Å². The summed E-state index contributed by atoms with van der Waals surface area (Å²) in [6, 6.07) is 4.61. The van der Waals surface area contributed by atoms with Crippen LogP contribution in [-0.2, 0) is 10.0 Å². The van der Waals surface area contributed by atoms with Crippen molar-refractivity contribution in [2.75, 3.05) is 6.54 Å². The van der Waals surface area contributed by atoms with E-state index in [0.29, 0.717) is 10.0 Å². The van der Waals surface area contributed by atoms with Crippen LogP contribution in [0, 0.1) is 11.3 Å². The number of hydrogen-bond acceptors (Lipinski definition) is 4. The number of amides is 1. The van der Waals surface area contributed by atoms with Gasteiger partial charge in [0.1, 0.15) is 4.90 Å². The van der Waals surface area contributed by atoms with Crippen molar-refractivity contribution < 1.29 is 13.2 Å². The minimum atomic E-state index is -3.92. The molecule has 0 bridgehead atoms. The number of halogens is 2. The molecule has 0 saturated heterocycles. The second kappa shape index (κ2) is 5.20. The van der Waals surface area contributed by atoms with E-state index < -0.39 is 15.9 Å². The third-order valence-corrected chi connectivity index (χ3v) is 5.82. The summed E-state index contributed by atoms with van der Waals surface area (Å²) in [5.74, 6) is -0.683. The summed E-state index contributed by atoms with van der Waals surface area (Å²) < 4.78 is 25.8. The molecule has 0 spiro atoms. The van der Waals surface area contributed by atoms with Crippen molar-refractivity contribution in [2.24, 2.45) is 0 Å². The molecule has 0 fully saturated rings. The van der Waals surface area contributed by atoms with Gasteiger partial charge in [-0.25, -0.2) is 12.7 Å². The number of sulfonamides is 1. The zero-order chi connectivity index (χ0) is 15.1. The molecule has 20 heavy (non-hydrogen) atoms. The first kappa shape index (κ1) is 15.0. The maximum Gasteiger partial charge on any atom is 0.270 e. The summed E-state index contributed by atoms with van der Waals surface area (Å²) in [4.78, 5) is 12.1. The highest BCUT2D eigenvalue weighted by molar-refractivity contribution is 9.10. The molecule has 1 aliphatic rings. The number of nitriles is 1. The number of carbonyl (C=O) groups excluding carboxylic acids is 1. The molecular formula is C12H8BrClN2O3S. The van der Waals surface area contributed by atoms with Gasteiger partial charge in [0, 0.05) is 10.5 Å². The maximum absolute atomic E-state index is 12.3. The predicted octanol–water partition coefficient (Wildman–Crippen LogP) is 2.72. The highest BCUT2D eigenvalue weighted by Gasteiger charge is 2.43. The molecule has 1 amide bonds. The number of carbonyl (C=O) groups is 1. The van der Waals surface area contributed by atoms with Gasteiger partial charge in [0.25, 0.3) is 15.9 Å². The Bertz CT molecular complexity index is 781. The molecule has 104 valence electrons. The zero-order valence-corrected chi connectivity index (χ0v) is 13.4. The van der Waals surface area contributed by atoms with E-state index in [1.165, 1.54) is 18.2 Å². The zero-order valence-electron chi connectivity index (χ0n) is 10.2. The summed E-state index contributed by atoms with van der Waals surface area (Å²) in [5.41, 5.74) is 0.429. The Labute approximate surface area is 129 Å². The monoisotopic (exact) mass is 374 g/mol. The molecule has 1 aromatic rings. The molecule has 0 N–H and O–H groups in total. The van der Waals surface area contributed by atoms with Gasteiger partial charge in [-0.3, -0.25) is 4.79 Å². The Balaban J connectivity index is 2.58. The Morgan fingerprint density at radius 2 is 2.20 bits per heavy atom. The Kier molecular flexibility index (Phi) is 3.91. The van der Waals surface area contributed by atoms with Crippen LogP contribution in [0.3, 0.4) is 0 Å². The lowest BCUT2D eigenvalue weighted by atomic mass is 10.2. The molecule has 0 atom stereocenters. The smallest absolute Gasteiger partial charge is 0.268 e. The van der Waals surface area contributed by atoms with Gasteiger partial charge in [-0.05, 0) is 40.6 Å². The lowest BCUT2D eigenvalue weighted by molar-refractivity contribution is 0.0878. The van der Waals surface area contributed by atoms with E-state index in [1.807, 2.05) is 0 Å². The van der Waals surface area contributed by atoms with Crippen molar-refractivity contribution in [3.63, 3.8) is 0 Å². The quantitative estimate of drug-likeness (QED) is 0.745. The minimum absolute atomic E-state index is 0.0363. The average molecular weight is 376 g/mol. The van der Waals surface area contributed by atoms with E-state index in [9.17, 15) is 13.2 Å². The topological polar surface area (TPSA) is 78.2 Å². The van der Waals surface area contributed by atoms with Gasteiger partial charge in [-0.2, -0.15) is 5.26 Å². The number of benzene rings is 1.